The zero-order chi connectivity index (χ0) is 15.4. The molecule has 0 N–H and O–H groups in total. The molecule has 1 aliphatic carbocycles. The molecule has 3 rings (SSSR count). The quantitative estimate of drug-likeness (QED) is 0.590. The van der Waals surface area contributed by atoms with Crippen molar-refractivity contribution in [1.82, 2.24) is 14.7 Å². The fourth-order valence-electron chi connectivity index (χ4n) is 2.70. The Morgan fingerprint density at radius 1 is 1.43 bits per heavy atom. The van der Waals surface area contributed by atoms with Gasteiger partial charge in [0, 0.05) is 0 Å². The predicted molar refractivity (Wildman–Crippen MR) is 90.9 cm³/mol. The summed E-state index contributed by atoms with van der Waals surface area (Å²) < 4.78 is 9.57. The van der Waals surface area contributed by atoms with Gasteiger partial charge < -0.3 is 4.74 Å². The number of rotatable bonds is 1. The highest BCUT2D eigenvalue weighted by atomic mass is 127. The van der Waals surface area contributed by atoms with E-state index < -0.39 is 5.60 Å². The molecule has 1 saturated carbocycles. The van der Waals surface area contributed by atoms with Gasteiger partial charge in [-0.3, -0.25) is 9.58 Å². The van der Waals surface area contributed by atoms with Crippen molar-refractivity contribution in [1.29, 1.82) is 0 Å². The average Bonchev–Trinajstić information content (AvgIpc) is 3.15. The van der Waals surface area contributed by atoms with E-state index in [1.807, 2.05) is 30.4 Å². The number of carbonyl (C=O) groups excluding carboxylic acids is 1. The van der Waals surface area contributed by atoms with E-state index in [-0.39, 0.29) is 12.1 Å². The normalized spacial score (nSPS) is 22.1. The molecule has 21 heavy (non-hydrogen) atoms. The number of halogens is 2. The summed E-state index contributed by atoms with van der Waals surface area (Å²) in [4.78, 5) is 14.4. The maximum Gasteiger partial charge on any atom is 0.410 e. The maximum absolute atomic E-state index is 12.5. The van der Waals surface area contributed by atoms with Gasteiger partial charge in [-0.1, -0.05) is 0 Å². The number of ether oxygens (including phenoxy) is 1. The highest BCUT2D eigenvalue weighted by Gasteiger charge is 2.43. The fourth-order valence-corrected chi connectivity index (χ4v) is 3.68. The average molecular weight is 468 g/mol. The van der Waals surface area contributed by atoms with Gasteiger partial charge in [-0.15, -0.1) is 0 Å². The minimum Gasteiger partial charge on any atom is -0.444 e. The van der Waals surface area contributed by atoms with Crippen molar-refractivity contribution in [2.75, 3.05) is 0 Å². The minimum atomic E-state index is -0.462. The second-order valence-electron chi connectivity index (χ2n) is 6.75. The molecule has 0 aromatic carbocycles. The number of amides is 1. The smallest absolute Gasteiger partial charge is 0.410 e. The molecule has 5 nitrogen and oxygen atoms in total. The van der Waals surface area contributed by atoms with Gasteiger partial charge in [0.05, 0.1) is 28.4 Å². The van der Waals surface area contributed by atoms with Crippen molar-refractivity contribution in [3.8, 4) is 0 Å². The predicted octanol–water partition coefficient (Wildman–Crippen LogP) is 3.78. The lowest BCUT2D eigenvalue weighted by molar-refractivity contribution is 0.00354. The van der Waals surface area contributed by atoms with E-state index in [1.54, 1.807) is 0 Å². The Kier molecular flexibility index (Phi) is 4.01. The molecule has 1 aromatic rings. The van der Waals surface area contributed by atoms with Crippen LogP contribution in [-0.2, 0) is 17.8 Å². The molecular weight excluding hydrogens is 449 g/mol. The summed E-state index contributed by atoms with van der Waals surface area (Å²) >= 11 is 5.76. The van der Waals surface area contributed by atoms with Crippen LogP contribution in [0.4, 0.5) is 4.79 Å². The Balaban J connectivity index is 1.87. The lowest BCUT2D eigenvalue weighted by Crippen LogP contribution is -2.49. The van der Waals surface area contributed by atoms with Gasteiger partial charge in [0.15, 0.2) is 0 Å². The molecule has 1 aromatic heterocycles. The van der Waals surface area contributed by atoms with Gasteiger partial charge in [-0.25, -0.2) is 4.79 Å². The van der Waals surface area contributed by atoms with E-state index in [2.05, 4.69) is 43.6 Å². The van der Waals surface area contributed by atoms with Crippen LogP contribution in [0.2, 0.25) is 0 Å². The van der Waals surface area contributed by atoms with Gasteiger partial charge >= 0.3 is 6.09 Å². The van der Waals surface area contributed by atoms with Crippen LogP contribution in [-0.4, -0.2) is 32.4 Å². The van der Waals surface area contributed by atoms with E-state index in [1.165, 1.54) is 12.8 Å². The lowest BCUT2D eigenvalue weighted by Gasteiger charge is -2.37. The number of hydrogen-bond acceptors (Lipinski definition) is 3. The number of nitrogens with zero attached hydrogens (tertiary/aromatic N) is 3. The highest BCUT2D eigenvalue weighted by molar-refractivity contribution is 14.1. The summed E-state index contributed by atoms with van der Waals surface area (Å²) in [7, 11) is 0. The van der Waals surface area contributed by atoms with Crippen molar-refractivity contribution in [3.63, 3.8) is 0 Å². The van der Waals surface area contributed by atoms with Gasteiger partial charge in [0.25, 0.3) is 0 Å². The van der Waals surface area contributed by atoms with E-state index in [0.29, 0.717) is 12.5 Å². The molecule has 1 fully saturated rings. The standard InChI is InChI=1S/C14H19BrIN3O2/c1-14(2,3)21-13(20)18-6-10-11(16)12(15)17-19(10)7-9(18)8-4-5-8/h8-9H,4-7H2,1-3H3/t9-/m1/s1. The molecule has 116 valence electrons. The van der Waals surface area contributed by atoms with Crippen LogP contribution in [0.25, 0.3) is 0 Å². The maximum atomic E-state index is 12.5. The first kappa shape index (κ1) is 15.6. The van der Waals surface area contributed by atoms with Crippen molar-refractivity contribution in [2.45, 2.75) is 58.3 Å². The molecule has 0 radical (unpaired) electrons. The second-order valence-corrected chi connectivity index (χ2v) is 8.58. The molecule has 1 amide bonds. The third kappa shape index (κ3) is 3.23. The zero-order valence-electron chi connectivity index (χ0n) is 12.4. The molecule has 1 aliphatic heterocycles. The molecule has 7 heteroatoms. The third-order valence-corrected chi connectivity index (χ3v) is 6.26. The first-order valence-electron chi connectivity index (χ1n) is 7.16. The van der Waals surface area contributed by atoms with Crippen LogP contribution in [0.15, 0.2) is 4.60 Å². The van der Waals surface area contributed by atoms with E-state index >= 15 is 0 Å². The zero-order valence-corrected chi connectivity index (χ0v) is 16.1. The lowest BCUT2D eigenvalue weighted by atomic mass is 10.1. The number of aromatic nitrogens is 2. The Morgan fingerprint density at radius 2 is 2.10 bits per heavy atom. The van der Waals surface area contributed by atoms with E-state index in [9.17, 15) is 4.79 Å². The third-order valence-electron chi connectivity index (χ3n) is 3.83. The van der Waals surface area contributed by atoms with Crippen LogP contribution in [0.1, 0.15) is 39.3 Å². The minimum absolute atomic E-state index is 0.204. The van der Waals surface area contributed by atoms with Crippen molar-refractivity contribution >= 4 is 44.6 Å². The van der Waals surface area contributed by atoms with Crippen LogP contribution < -0.4 is 0 Å². The van der Waals surface area contributed by atoms with Crippen LogP contribution in [0, 0.1) is 9.49 Å². The second kappa shape index (κ2) is 5.40. The summed E-state index contributed by atoms with van der Waals surface area (Å²) in [6.45, 7) is 7.07. The fraction of sp³-hybridized carbons (Fsp3) is 0.714. The molecule has 1 atom stereocenters. The molecule has 0 bridgehead atoms. The summed E-state index contributed by atoms with van der Waals surface area (Å²) in [5, 5.41) is 4.53. The van der Waals surface area contributed by atoms with Crippen LogP contribution in [0.3, 0.4) is 0 Å². The number of hydrogen-bond donors (Lipinski definition) is 0. The SMILES string of the molecule is CC(C)(C)OC(=O)N1Cc2c(I)c(Br)nn2C[C@@H]1C1CC1. The Morgan fingerprint density at radius 3 is 2.67 bits per heavy atom. The molecular formula is C14H19BrIN3O2. The van der Waals surface area contributed by atoms with Crippen molar-refractivity contribution in [2.24, 2.45) is 5.92 Å². The first-order chi connectivity index (χ1) is 9.76. The summed E-state index contributed by atoms with van der Waals surface area (Å²) in [6.07, 6.45) is 2.18. The summed E-state index contributed by atoms with van der Waals surface area (Å²) in [5.41, 5.74) is 0.626. The Hall–Kier alpha value is -0.310. The van der Waals surface area contributed by atoms with Crippen molar-refractivity contribution < 1.29 is 9.53 Å². The van der Waals surface area contributed by atoms with Gasteiger partial charge in [0.1, 0.15) is 10.2 Å². The molecule has 2 aliphatic rings. The largest absolute Gasteiger partial charge is 0.444 e. The molecule has 2 heterocycles. The van der Waals surface area contributed by atoms with E-state index in [0.717, 1.165) is 20.4 Å². The van der Waals surface area contributed by atoms with Crippen LogP contribution >= 0.6 is 38.5 Å². The van der Waals surface area contributed by atoms with E-state index in [4.69, 9.17) is 4.74 Å². The Bertz CT molecular complexity index is 578. The first-order valence-corrected chi connectivity index (χ1v) is 9.04. The summed E-state index contributed by atoms with van der Waals surface area (Å²) in [5.74, 6) is 0.589. The summed E-state index contributed by atoms with van der Waals surface area (Å²) in [6, 6.07) is 0.204. The van der Waals surface area contributed by atoms with Crippen molar-refractivity contribution in [3.05, 3.63) is 13.9 Å². The Labute approximate surface area is 146 Å². The van der Waals surface area contributed by atoms with Gasteiger partial charge in [0.2, 0.25) is 0 Å². The monoisotopic (exact) mass is 467 g/mol. The highest BCUT2D eigenvalue weighted by Crippen LogP contribution is 2.40. The van der Waals surface area contributed by atoms with Crippen LogP contribution in [0.5, 0.6) is 0 Å². The number of carbonyl (C=O) groups is 1. The molecule has 0 unspecified atom stereocenters. The van der Waals surface area contributed by atoms with Gasteiger partial charge in [-0.05, 0) is 78.1 Å². The molecule has 0 saturated heterocycles. The topological polar surface area (TPSA) is 47.4 Å². The molecule has 0 spiro atoms. The van der Waals surface area contributed by atoms with Gasteiger partial charge in [-0.2, -0.15) is 5.10 Å². The number of fused-ring (bicyclic) bond motifs is 1.